The van der Waals surface area contributed by atoms with Crippen molar-refractivity contribution in [1.82, 2.24) is 0 Å². The summed E-state index contributed by atoms with van der Waals surface area (Å²) in [7, 11) is 0. The Morgan fingerprint density at radius 1 is 1.12 bits per heavy atom. The summed E-state index contributed by atoms with van der Waals surface area (Å²) in [6.45, 7) is 6.55. The maximum Gasteiger partial charge on any atom is 0.0746 e. The number of halogens is 2. The van der Waals surface area contributed by atoms with Gasteiger partial charge in [0.1, 0.15) is 0 Å². The van der Waals surface area contributed by atoms with Gasteiger partial charge in [-0.25, -0.2) is 0 Å². The van der Waals surface area contributed by atoms with Crippen molar-refractivity contribution in [1.29, 1.82) is 0 Å². The van der Waals surface area contributed by atoms with Gasteiger partial charge in [-0.05, 0) is 30.4 Å². The second-order valence-electron chi connectivity index (χ2n) is 5.18. The van der Waals surface area contributed by atoms with Crippen LogP contribution >= 0.6 is 23.2 Å². The van der Waals surface area contributed by atoms with E-state index in [1.807, 2.05) is 0 Å². The molecule has 0 spiro atoms. The van der Waals surface area contributed by atoms with Gasteiger partial charge < -0.3 is 10.6 Å². The van der Waals surface area contributed by atoms with Crippen molar-refractivity contribution in [3.05, 3.63) is 22.2 Å². The van der Waals surface area contributed by atoms with Crippen LogP contribution in [0.2, 0.25) is 10.0 Å². The van der Waals surface area contributed by atoms with Crippen LogP contribution in [0.1, 0.15) is 20.3 Å². The number of rotatable bonds is 1. The molecule has 0 bridgehead atoms. The first-order valence-corrected chi connectivity index (χ1v) is 6.72. The Morgan fingerprint density at radius 3 is 2.06 bits per heavy atom. The van der Waals surface area contributed by atoms with E-state index in [2.05, 4.69) is 18.7 Å². The fourth-order valence-corrected chi connectivity index (χ4v) is 3.48. The van der Waals surface area contributed by atoms with Gasteiger partial charge in [0, 0.05) is 18.8 Å². The van der Waals surface area contributed by atoms with Gasteiger partial charge in [0.25, 0.3) is 0 Å². The third-order valence-corrected chi connectivity index (χ3v) is 3.80. The van der Waals surface area contributed by atoms with E-state index in [4.69, 9.17) is 28.9 Å². The predicted octanol–water partition coefficient (Wildman–Crippen LogP) is 4.06. The van der Waals surface area contributed by atoms with Crippen LogP contribution < -0.4 is 10.6 Å². The zero-order valence-corrected chi connectivity index (χ0v) is 11.7. The highest BCUT2D eigenvalue weighted by Gasteiger charge is 2.25. The topological polar surface area (TPSA) is 29.3 Å². The molecule has 1 aliphatic rings. The molecule has 2 N–H and O–H groups in total. The van der Waals surface area contributed by atoms with E-state index in [1.165, 1.54) is 6.42 Å². The molecular weight excluding hydrogens is 255 g/mol. The van der Waals surface area contributed by atoms with Crippen molar-refractivity contribution < 1.29 is 0 Å². The van der Waals surface area contributed by atoms with E-state index in [0.717, 1.165) is 18.8 Å². The number of hydrogen-bond donors (Lipinski definition) is 1. The largest absolute Gasteiger partial charge is 0.399 e. The van der Waals surface area contributed by atoms with Gasteiger partial charge >= 0.3 is 0 Å². The molecule has 1 aromatic rings. The van der Waals surface area contributed by atoms with E-state index in [0.29, 0.717) is 27.6 Å². The Labute approximate surface area is 113 Å². The number of nitrogens with zero attached hydrogens (tertiary/aromatic N) is 1. The van der Waals surface area contributed by atoms with Crippen LogP contribution in [0.4, 0.5) is 11.4 Å². The summed E-state index contributed by atoms with van der Waals surface area (Å²) >= 11 is 12.5. The Morgan fingerprint density at radius 2 is 1.59 bits per heavy atom. The smallest absolute Gasteiger partial charge is 0.0746 e. The molecule has 0 radical (unpaired) electrons. The van der Waals surface area contributed by atoms with E-state index in [-0.39, 0.29) is 0 Å². The average Bonchev–Trinajstić information content (AvgIpc) is 2.13. The van der Waals surface area contributed by atoms with Gasteiger partial charge in [0.2, 0.25) is 0 Å². The van der Waals surface area contributed by atoms with Gasteiger partial charge in [-0.2, -0.15) is 0 Å². The highest BCUT2D eigenvalue weighted by molar-refractivity contribution is 6.39. The first kappa shape index (κ1) is 12.8. The lowest BCUT2D eigenvalue weighted by atomic mass is 9.91. The molecule has 1 saturated heterocycles. The minimum atomic E-state index is 0.613. The third kappa shape index (κ3) is 2.80. The lowest BCUT2D eigenvalue weighted by Crippen LogP contribution is -2.39. The fraction of sp³-hybridized carbons (Fsp3) is 0.538. The van der Waals surface area contributed by atoms with E-state index in [9.17, 15) is 0 Å². The summed E-state index contributed by atoms with van der Waals surface area (Å²) in [6, 6.07) is 3.54. The van der Waals surface area contributed by atoms with E-state index in [1.54, 1.807) is 12.1 Å². The molecule has 17 heavy (non-hydrogen) atoms. The van der Waals surface area contributed by atoms with Crippen LogP contribution in [0.5, 0.6) is 0 Å². The lowest BCUT2D eigenvalue weighted by molar-refractivity contribution is 0.357. The van der Waals surface area contributed by atoms with Crippen LogP contribution in [-0.4, -0.2) is 13.1 Å². The second kappa shape index (κ2) is 4.95. The minimum Gasteiger partial charge on any atom is -0.399 e. The molecule has 4 heteroatoms. The number of nitrogens with two attached hydrogens (primary N) is 1. The highest BCUT2D eigenvalue weighted by atomic mass is 35.5. The van der Waals surface area contributed by atoms with Crippen molar-refractivity contribution in [2.75, 3.05) is 23.7 Å². The Hall–Kier alpha value is -0.600. The molecule has 1 heterocycles. The quantitative estimate of drug-likeness (QED) is 0.782. The van der Waals surface area contributed by atoms with Gasteiger partial charge in [-0.1, -0.05) is 37.0 Å². The van der Waals surface area contributed by atoms with Gasteiger partial charge in [0.05, 0.1) is 15.7 Å². The third-order valence-electron chi connectivity index (χ3n) is 3.22. The Balaban J connectivity index is 2.33. The molecule has 0 aliphatic carbocycles. The van der Waals surface area contributed by atoms with Crippen molar-refractivity contribution >= 4 is 34.6 Å². The van der Waals surface area contributed by atoms with Crippen LogP contribution in [0, 0.1) is 11.8 Å². The number of anilines is 2. The minimum absolute atomic E-state index is 0.613. The maximum atomic E-state index is 6.26. The molecule has 2 rings (SSSR count). The summed E-state index contributed by atoms with van der Waals surface area (Å²) in [5.74, 6) is 1.34. The van der Waals surface area contributed by atoms with E-state index >= 15 is 0 Å². The fourth-order valence-electron chi connectivity index (χ4n) is 2.73. The Bertz CT molecular complexity index is 387. The predicted molar refractivity (Wildman–Crippen MR) is 76.0 cm³/mol. The number of piperidine rings is 1. The van der Waals surface area contributed by atoms with Gasteiger partial charge in [0.15, 0.2) is 0 Å². The molecule has 94 valence electrons. The molecule has 0 unspecified atom stereocenters. The normalized spacial score (nSPS) is 25.1. The molecule has 1 aliphatic heterocycles. The van der Waals surface area contributed by atoms with Crippen LogP contribution in [0.25, 0.3) is 0 Å². The summed E-state index contributed by atoms with van der Waals surface area (Å²) < 4.78 is 0. The summed E-state index contributed by atoms with van der Waals surface area (Å²) in [6.07, 6.45) is 1.26. The monoisotopic (exact) mass is 272 g/mol. The number of hydrogen-bond acceptors (Lipinski definition) is 2. The molecule has 0 aromatic heterocycles. The molecule has 2 atom stereocenters. The first-order chi connectivity index (χ1) is 7.97. The standard InChI is InChI=1S/C13H18Cl2N2/c1-8-3-9(2)7-17(6-8)13-11(14)4-10(16)5-12(13)15/h4-5,8-9H,3,6-7,16H2,1-2H3/t8-,9-/m1/s1. The molecule has 0 saturated carbocycles. The zero-order valence-electron chi connectivity index (χ0n) is 10.2. The van der Waals surface area contributed by atoms with Crippen molar-refractivity contribution in [2.45, 2.75) is 20.3 Å². The lowest BCUT2D eigenvalue weighted by Gasteiger charge is -2.37. The van der Waals surface area contributed by atoms with Crippen LogP contribution in [0.3, 0.4) is 0 Å². The highest BCUT2D eigenvalue weighted by Crippen LogP contribution is 2.38. The van der Waals surface area contributed by atoms with Crippen molar-refractivity contribution in [3.8, 4) is 0 Å². The molecule has 1 fully saturated rings. The van der Waals surface area contributed by atoms with Gasteiger partial charge in [-0.3, -0.25) is 0 Å². The second-order valence-corrected chi connectivity index (χ2v) is 6.00. The molecular formula is C13H18Cl2N2. The zero-order chi connectivity index (χ0) is 12.6. The summed E-state index contributed by atoms with van der Waals surface area (Å²) in [5.41, 5.74) is 7.27. The maximum absolute atomic E-state index is 6.26. The summed E-state index contributed by atoms with van der Waals surface area (Å²) in [4.78, 5) is 2.28. The SMILES string of the molecule is C[C@@H]1C[C@@H](C)CN(c2c(Cl)cc(N)cc2Cl)C1. The van der Waals surface area contributed by atoms with E-state index < -0.39 is 0 Å². The molecule has 1 aromatic carbocycles. The summed E-state index contributed by atoms with van der Waals surface area (Å²) in [5, 5.41) is 1.30. The van der Waals surface area contributed by atoms with Crippen LogP contribution in [0.15, 0.2) is 12.1 Å². The first-order valence-electron chi connectivity index (χ1n) is 5.97. The molecule has 2 nitrogen and oxygen atoms in total. The molecule has 0 amide bonds. The van der Waals surface area contributed by atoms with Crippen LogP contribution in [-0.2, 0) is 0 Å². The van der Waals surface area contributed by atoms with Gasteiger partial charge in [-0.15, -0.1) is 0 Å². The number of nitrogen functional groups attached to an aromatic ring is 1. The number of benzene rings is 1. The van der Waals surface area contributed by atoms with Crippen molar-refractivity contribution in [2.24, 2.45) is 11.8 Å². The average molecular weight is 273 g/mol. The Kier molecular flexibility index (Phi) is 3.74. The van der Waals surface area contributed by atoms with Crippen molar-refractivity contribution in [3.63, 3.8) is 0 Å².